The SMILES string of the molecule is Clc1ccc([Se])cc1.[CH]1[CH][CH][CH][CH]1.[CH]1[CH][CH][CH][CH]1.[Ti+2]. The standard InChI is InChI=1S/C6H4ClSe.2C5H5.Ti/c7-5-1-3-6(8)4-2-5;2*1-2-4-5-3-1;/h1-4H;2*1-5H;/q;;;+2. The van der Waals surface area contributed by atoms with Crippen LogP contribution in [0.3, 0.4) is 0 Å². The fraction of sp³-hybridized carbons (Fsp3) is 0. The number of benzene rings is 1. The first-order valence-electron chi connectivity index (χ1n) is 5.55. The predicted octanol–water partition coefficient (Wildman–Crippen LogP) is 3.17. The van der Waals surface area contributed by atoms with Crippen LogP contribution in [0.5, 0.6) is 0 Å². The van der Waals surface area contributed by atoms with E-state index in [4.69, 9.17) is 11.6 Å². The first-order valence-corrected chi connectivity index (χ1v) is 6.78. The van der Waals surface area contributed by atoms with Gasteiger partial charge in [-0.05, 0) is 64.2 Å². The zero-order valence-corrected chi connectivity index (χ0v) is 14.4. The molecular weight excluding hydrogens is 354 g/mol. The fourth-order valence-corrected chi connectivity index (χ4v) is 1.49. The van der Waals surface area contributed by atoms with Crippen LogP contribution < -0.4 is 4.46 Å². The van der Waals surface area contributed by atoms with Gasteiger partial charge in [-0.2, -0.15) is 0 Å². The van der Waals surface area contributed by atoms with Crippen LogP contribution in [0.15, 0.2) is 24.3 Å². The van der Waals surface area contributed by atoms with Crippen molar-refractivity contribution in [2.24, 2.45) is 0 Å². The van der Waals surface area contributed by atoms with Crippen molar-refractivity contribution in [3.63, 3.8) is 0 Å². The van der Waals surface area contributed by atoms with E-state index in [1.54, 1.807) is 0 Å². The minimum Gasteiger partial charge on any atom is -0.0312 e. The number of hydrogen-bond donors (Lipinski definition) is 0. The molecule has 0 atom stereocenters. The molecule has 1 aromatic rings. The van der Waals surface area contributed by atoms with E-state index in [0.29, 0.717) is 0 Å². The van der Waals surface area contributed by atoms with Crippen LogP contribution in [0.2, 0.25) is 5.02 Å². The van der Waals surface area contributed by atoms with Gasteiger partial charge in [-0.25, -0.2) is 0 Å². The van der Waals surface area contributed by atoms with Crippen molar-refractivity contribution in [1.82, 2.24) is 0 Å². The zero-order chi connectivity index (χ0) is 13.1. The zero-order valence-electron chi connectivity index (χ0n) is 10.4. The average Bonchev–Trinajstić information content (AvgIpc) is 3.11. The van der Waals surface area contributed by atoms with Gasteiger partial charge in [0.2, 0.25) is 0 Å². The van der Waals surface area contributed by atoms with Crippen LogP contribution in [0.25, 0.3) is 0 Å². The Hall–Kier alpha value is 0.744. The largest absolute Gasteiger partial charge is 2.00 e. The molecule has 0 bridgehead atoms. The predicted molar refractivity (Wildman–Crippen MR) is 79.8 cm³/mol. The van der Waals surface area contributed by atoms with Gasteiger partial charge in [0.1, 0.15) is 0 Å². The molecule has 0 spiro atoms. The topological polar surface area (TPSA) is 0 Å². The van der Waals surface area contributed by atoms with Crippen molar-refractivity contribution in [3.8, 4) is 0 Å². The van der Waals surface area contributed by atoms with Crippen molar-refractivity contribution in [2.75, 3.05) is 0 Å². The van der Waals surface area contributed by atoms with Crippen LogP contribution in [-0.2, 0) is 21.7 Å². The number of rotatable bonds is 0. The second-order valence-corrected chi connectivity index (χ2v) is 4.80. The van der Waals surface area contributed by atoms with Gasteiger partial charge < -0.3 is 0 Å². The molecule has 2 saturated carbocycles. The molecule has 2 aliphatic carbocycles. The minimum atomic E-state index is 0. The van der Waals surface area contributed by atoms with E-state index in [1.807, 2.05) is 88.5 Å². The molecule has 2 fully saturated rings. The van der Waals surface area contributed by atoms with Gasteiger partial charge in [-0.15, -0.1) is 0 Å². The van der Waals surface area contributed by atoms with Crippen LogP contribution in [0, 0.1) is 64.2 Å². The molecule has 0 aliphatic heterocycles. The second-order valence-electron chi connectivity index (χ2n) is 3.38. The summed E-state index contributed by atoms with van der Waals surface area (Å²) in [7, 11) is 0. The first kappa shape index (κ1) is 19.7. The third-order valence-electron chi connectivity index (χ3n) is 1.92. The quantitative estimate of drug-likeness (QED) is 0.617. The van der Waals surface area contributed by atoms with Crippen molar-refractivity contribution in [3.05, 3.63) is 93.5 Å². The Morgan fingerprint density at radius 3 is 1.05 bits per heavy atom. The van der Waals surface area contributed by atoms with E-state index in [-0.39, 0.29) is 21.7 Å². The Labute approximate surface area is 146 Å². The smallest absolute Gasteiger partial charge is 0.0312 e. The van der Waals surface area contributed by atoms with Gasteiger partial charge in [0.25, 0.3) is 0 Å². The van der Waals surface area contributed by atoms with Crippen LogP contribution in [-0.4, -0.2) is 16.0 Å². The summed E-state index contributed by atoms with van der Waals surface area (Å²) in [4.78, 5) is 0. The molecule has 0 aromatic heterocycles. The second kappa shape index (κ2) is 13.7. The summed E-state index contributed by atoms with van der Waals surface area (Å²) in [6.07, 6.45) is 20.0. The third kappa shape index (κ3) is 12.2. The average molecular weight is 369 g/mol. The summed E-state index contributed by atoms with van der Waals surface area (Å²) >= 11 is 8.47. The third-order valence-corrected chi connectivity index (χ3v) is 2.75. The molecule has 93 valence electrons. The summed E-state index contributed by atoms with van der Waals surface area (Å²) in [5.41, 5.74) is 0. The molecule has 1 aromatic carbocycles. The van der Waals surface area contributed by atoms with Crippen molar-refractivity contribution >= 4 is 32.1 Å². The molecule has 0 nitrogen and oxygen atoms in total. The van der Waals surface area contributed by atoms with Crippen molar-refractivity contribution < 1.29 is 21.7 Å². The van der Waals surface area contributed by atoms with Crippen LogP contribution in [0.4, 0.5) is 0 Å². The molecule has 19 heavy (non-hydrogen) atoms. The molecule has 0 unspecified atom stereocenters. The first-order chi connectivity index (χ1) is 8.79. The monoisotopic (exact) mass is 369 g/mol. The Morgan fingerprint density at radius 1 is 0.579 bits per heavy atom. The van der Waals surface area contributed by atoms with E-state index in [2.05, 4.69) is 16.0 Å². The molecule has 0 N–H and O–H groups in total. The van der Waals surface area contributed by atoms with Gasteiger partial charge in [0.05, 0.1) is 0 Å². The maximum atomic E-state index is 5.60. The molecule has 0 amide bonds. The maximum absolute atomic E-state index is 5.60. The summed E-state index contributed by atoms with van der Waals surface area (Å²) in [6.45, 7) is 0. The molecule has 3 rings (SSSR count). The van der Waals surface area contributed by atoms with E-state index in [1.165, 1.54) is 0 Å². The Bertz CT molecular complexity index is 246. The van der Waals surface area contributed by atoms with E-state index in [9.17, 15) is 0 Å². The van der Waals surface area contributed by atoms with E-state index < -0.39 is 0 Å². The molecule has 3 heteroatoms. The van der Waals surface area contributed by atoms with Gasteiger partial charge in [0, 0.05) is 0 Å². The van der Waals surface area contributed by atoms with E-state index in [0.717, 1.165) is 9.48 Å². The van der Waals surface area contributed by atoms with Crippen LogP contribution >= 0.6 is 11.6 Å². The molecular formula is C16H14ClSeTi+2. The summed E-state index contributed by atoms with van der Waals surface area (Å²) < 4.78 is 1.12. The molecule has 2 aliphatic rings. The normalized spacial score (nSPS) is 16.5. The molecule has 0 heterocycles. The van der Waals surface area contributed by atoms with Crippen molar-refractivity contribution in [2.45, 2.75) is 0 Å². The maximum Gasteiger partial charge on any atom is 2.00 e. The van der Waals surface area contributed by atoms with E-state index >= 15 is 0 Å². The molecule has 11 radical (unpaired) electrons. The summed E-state index contributed by atoms with van der Waals surface area (Å²) in [5, 5.41) is 0.781. The van der Waals surface area contributed by atoms with Gasteiger partial charge >= 0.3 is 83.1 Å². The Kier molecular flexibility index (Phi) is 14.3. The summed E-state index contributed by atoms with van der Waals surface area (Å²) in [5.74, 6) is 0. The molecule has 0 saturated heterocycles. The van der Waals surface area contributed by atoms with Crippen LogP contribution in [0.1, 0.15) is 0 Å². The summed E-state index contributed by atoms with van der Waals surface area (Å²) in [6, 6.07) is 7.57. The fourth-order valence-electron chi connectivity index (χ4n) is 1.08. The van der Waals surface area contributed by atoms with Crippen molar-refractivity contribution in [1.29, 1.82) is 0 Å². The minimum absolute atomic E-state index is 0. The Balaban J connectivity index is 0.000000259. The van der Waals surface area contributed by atoms with Gasteiger partial charge in [-0.3, -0.25) is 0 Å². The Morgan fingerprint density at radius 2 is 0.842 bits per heavy atom. The number of halogens is 1. The van der Waals surface area contributed by atoms with Gasteiger partial charge in [0.15, 0.2) is 0 Å². The number of hydrogen-bond acceptors (Lipinski definition) is 0. The van der Waals surface area contributed by atoms with Gasteiger partial charge in [-0.1, -0.05) is 0 Å².